The summed E-state index contributed by atoms with van der Waals surface area (Å²) < 4.78 is 2.65. The molecule has 0 aliphatic heterocycles. The molecule has 2 heteroatoms. The summed E-state index contributed by atoms with van der Waals surface area (Å²) in [5.74, 6) is 0. The summed E-state index contributed by atoms with van der Waals surface area (Å²) in [5.41, 5.74) is 5.98. The van der Waals surface area contributed by atoms with Crippen LogP contribution in [0.15, 0.2) is 85.1 Å². The number of benzene rings is 3. The first-order valence-electron chi connectivity index (χ1n) is 8.74. The van der Waals surface area contributed by atoms with Crippen molar-refractivity contribution in [2.24, 2.45) is 0 Å². The molecule has 3 aromatic carbocycles. The molecule has 0 fully saturated rings. The molecule has 2 heterocycles. The molecule has 0 aliphatic carbocycles. The normalized spacial score (nSPS) is 11.3. The highest BCUT2D eigenvalue weighted by Gasteiger charge is 2.14. The van der Waals surface area contributed by atoms with Crippen molar-refractivity contribution < 1.29 is 0 Å². The number of aromatic nitrogens is 1. The average molecular weight is 351 g/mol. The summed E-state index contributed by atoms with van der Waals surface area (Å²) in [6, 6.07) is 27.9. The van der Waals surface area contributed by atoms with Crippen molar-refractivity contribution in [2.75, 3.05) is 0 Å². The Hall–Kier alpha value is -2.97. The van der Waals surface area contributed by atoms with Gasteiger partial charge in [-0.2, -0.15) is 0 Å². The molecular formula is C24H17NS. The quantitative estimate of drug-likeness (QED) is 0.331. The van der Waals surface area contributed by atoms with Gasteiger partial charge in [0.1, 0.15) is 0 Å². The summed E-state index contributed by atoms with van der Waals surface area (Å²) in [5, 5.41) is 2.64. The Kier molecular flexibility index (Phi) is 3.58. The number of aryl methyl sites for hydroxylation is 1. The summed E-state index contributed by atoms with van der Waals surface area (Å²) in [7, 11) is 0. The molecule has 0 aliphatic rings. The van der Waals surface area contributed by atoms with Crippen molar-refractivity contribution in [2.45, 2.75) is 6.92 Å². The van der Waals surface area contributed by atoms with Crippen molar-refractivity contribution in [3.05, 3.63) is 90.6 Å². The molecule has 2 aromatic heterocycles. The molecule has 5 rings (SSSR count). The Morgan fingerprint density at radius 2 is 1.54 bits per heavy atom. The fourth-order valence-electron chi connectivity index (χ4n) is 3.58. The summed E-state index contributed by atoms with van der Waals surface area (Å²) in [4.78, 5) is 4.72. The number of nitrogens with zero attached hydrogens (tertiary/aromatic N) is 1. The van der Waals surface area contributed by atoms with Gasteiger partial charge in [0.05, 0.1) is 5.69 Å². The minimum absolute atomic E-state index is 1.04. The van der Waals surface area contributed by atoms with E-state index in [9.17, 15) is 0 Å². The van der Waals surface area contributed by atoms with Crippen LogP contribution in [0.4, 0.5) is 0 Å². The Balaban J connectivity index is 1.78. The van der Waals surface area contributed by atoms with E-state index >= 15 is 0 Å². The number of hydrogen-bond acceptors (Lipinski definition) is 2. The Morgan fingerprint density at radius 1 is 0.731 bits per heavy atom. The Bertz CT molecular complexity index is 1240. The molecule has 0 saturated carbocycles. The highest BCUT2D eigenvalue weighted by molar-refractivity contribution is 7.26. The van der Waals surface area contributed by atoms with Crippen molar-refractivity contribution in [1.29, 1.82) is 0 Å². The predicted octanol–water partition coefficient (Wildman–Crippen LogP) is 7.09. The molecule has 0 atom stereocenters. The highest BCUT2D eigenvalue weighted by Crippen LogP contribution is 2.41. The maximum atomic E-state index is 4.72. The third-order valence-corrected chi connectivity index (χ3v) is 6.08. The fourth-order valence-corrected chi connectivity index (χ4v) is 4.89. The van der Waals surface area contributed by atoms with E-state index in [0.29, 0.717) is 0 Å². The molecule has 5 aromatic rings. The average Bonchev–Trinajstić information content (AvgIpc) is 3.07. The predicted molar refractivity (Wildman–Crippen MR) is 113 cm³/mol. The van der Waals surface area contributed by atoms with Gasteiger partial charge in [0.15, 0.2) is 0 Å². The fraction of sp³-hybridized carbons (Fsp3) is 0.0417. The second kappa shape index (κ2) is 6.08. The number of pyridine rings is 1. The van der Waals surface area contributed by atoms with E-state index in [1.165, 1.54) is 42.4 Å². The zero-order chi connectivity index (χ0) is 17.5. The molecule has 0 unspecified atom stereocenters. The van der Waals surface area contributed by atoms with E-state index < -0.39 is 0 Å². The van der Waals surface area contributed by atoms with Crippen LogP contribution in [0.2, 0.25) is 0 Å². The van der Waals surface area contributed by atoms with Gasteiger partial charge in [-0.3, -0.25) is 4.98 Å². The molecule has 0 radical (unpaired) electrons. The van der Waals surface area contributed by atoms with E-state index in [4.69, 9.17) is 4.98 Å². The molecule has 26 heavy (non-hydrogen) atoms. The van der Waals surface area contributed by atoms with Crippen LogP contribution >= 0.6 is 11.3 Å². The molecule has 1 nitrogen and oxygen atoms in total. The lowest BCUT2D eigenvalue weighted by Gasteiger charge is -2.09. The van der Waals surface area contributed by atoms with Crippen LogP contribution in [0.5, 0.6) is 0 Å². The van der Waals surface area contributed by atoms with Crippen LogP contribution in [0.3, 0.4) is 0 Å². The van der Waals surface area contributed by atoms with Gasteiger partial charge < -0.3 is 0 Å². The largest absolute Gasteiger partial charge is 0.256 e. The number of rotatable bonds is 2. The standard InChI is InChI=1S/C24H17NS/c1-16-11-12-20-19-9-5-6-10-22(19)26-24(20)23(16)21-15-18(13-14-25-21)17-7-3-2-4-8-17/h2-15H,1H3. The van der Waals surface area contributed by atoms with Gasteiger partial charge in [0.2, 0.25) is 0 Å². The third kappa shape index (κ3) is 2.42. The van der Waals surface area contributed by atoms with Crippen LogP contribution in [0, 0.1) is 6.92 Å². The maximum absolute atomic E-state index is 4.72. The zero-order valence-electron chi connectivity index (χ0n) is 14.4. The van der Waals surface area contributed by atoms with Gasteiger partial charge in [-0.1, -0.05) is 60.7 Å². The third-order valence-electron chi connectivity index (χ3n) is 4.88. The van der Waals surface area contributed by atoms with E-state index in [-0.39, 0.29) is 0 Å². The first-order chi connectivity index (χ1) is 12.8. The lowest BCUT2D eigenvalue weighted by molar-refractivity contribution is 1.32. The Morgan fingerprint density at radius 3 is 2.42 bits per heavy atom. The second-order valence-corrected chi connectivity index (χ2v) is 7.58. The van der Waals surface area contributed by atoms with Crippen LogP contribution in [0.1, 0.15) is 5.56 Å². The number of hydrogen-bond donors (Lipinski definition) is 0. The van der Waals surface area contributed by atoms with E-state index in [0.717, 1.165) is 5.69 Å². The maximum Gasteiger partial charge on any atom is 0.0725 e. The zero-order valence-corrected chi connectivity index (χ0v) is 15.3. The van der Waals surface area contributed by atoms with Gasteiger partial charge in [0.25, 0.3) is 0 Å². The molecule has 0 bridgehead atoms. The molecular weight excluding hydrogens is 334 g/mol. The minimum Gasteiger partial charge on any atom is -0.256 e. The molecule has 0 N–H and O–H groups in total. The monoisotopic (exact) mass is 351 g/mol. The van der Waals surface area contributed by atoms with Gasteiger partial charge in [-0.25, -0.2) is 0 Å². The highest BCUT2D eigenvalue weighted by atomic mass is 32.1. The molecule has 124 valence electrons. The lowest BCUT2D eigenvalue weighted by Crippen LogP contribution is -1.89. The summed E-state index contributed by atoms with van der Waals surface area (Å²) in [6.45, 7) is 2.18. The topological polar surface area (TPSA) is 12.9 Å². The van der Waals surface area contributed by atoms with Crippen molar-refractivity contribution >= 4 is 31.5 Å². The van der Waals surface area contributed by atoms with E-state index in [2.05, 4.69) is 79.7 Å². The van der Waals surface area contributed by atoms with Gasteiger partial charge >= 0.3 is 0 Å². The first-order valence-corrected chi connectivity index (χ1v) is 9.55. The molecule has 0 spiro atoms. The minimum atomic E-state index is 1.04. The Labute approximate surface area is 156 Å². The number of thiophene rings is 1. The van der Waals surface area contributed by atoms with Crippen molar-refractivity contribution in [3.63, 3.8) is 0 Å². The van der Waals surface area contributed by atoms with Crippen molar-refractivity contribution in [1.82, 2.24) is 4.98 Å². The van der Waals surface area contributed by atoms with E-state index in [1.807, 2.05) is 23.6 Å². The van der Waals surface area contributed by atoms with Gasteiger partial charge in [-0.05, 0) is 41.8 Å². The van der Waals surface area contributed by atoms with Crippen LogP contribution < -0.4 is 0 Å². The van der Waals surface area contributed by atoms with Crippen molar-refractivity contribution in [3.8, 4) is 22.4 Å². The van der Waals surface area contributed by atoms with Crippen LogP contribution in [-0.4, -0.2) is 4.98 Å². The number of fused-ring (bicyclic) bond motifs is 3. The summed E-state index contributed by atoms with van der Waals surface area (Å²) in [6.07, 6.45) is 1.92. The van der Waals surface area contributed by atoms with Crippen LogP contribution in [0.25, 0.3) is 42.6 Å². The van der Waals surface area contributed by atoms with Crippen LogP contribution in [-0.2, 0) is 0 Å². The van der Waals surface area contributed by atoms with E-state index in [1.54, 1.807) is 0 Å². The molecule has 0 amide bonds. The van der Waals surface area contributed by atoms with Gasteiger partial charge in [-0.15, -0.1) is 11.3 Å². The summed E-state index contributed by atoms with van der Waals surface area (Å²) >= 11 is 1.86. The smallest absolute Gasteiger partial charge is 0.0725 e. The first kappa shape index (κ1) is 15.3. The molecule has 0 saturated heterocycles. The second-order valence-electron chi connectivity index (χ2n) is 6.53. The van der Waals surface area contributed by atoms with Gasteiger partial charge in [0, 0.05) is 31.9 Å². The SMILES string of the molecule is Cc1ccc2c(sc3ccccc32)c1-c1cc(-c2ccccc2)ccn1. The lowest BCUT2D eigenvalue weighted by atomic mass is 9.99.